The van der Waals surface area contributed by atoms with Gasteiger partial charge in [0.15, 0.2) is 0 Å². The Balaban J connectivity index is 2.44. The van der Waals surface area contributed by atoms with Crippen LogP contribution in [0.25, 0.3) is 0 Å². The second kappa shape index (κ2) is 24.8. The largest absolute Gasteiger partial charge is 0.481 e. The van der Waals surface area contributed by atoms with Crippen LogP contribution in [-0.4, -0.2) is 122 Å². The number of hydrogen-bond acceptors (Lipinski definition) is 11. The van der Waals surface area contributed by atoms with Gasteiger partial charge in [-0.05, 0) is 30.7 Å². The summed E-state index contributed by atoms with van der Waals surface area (Å²) < 4.78 is 0. The van der Waals surface area contributed by atoms with Gasteiger partial charge in [-0.3, -0.25) is 43.2 Å². The van der Waals surface area contributed by atoms with Gasteiger partial charge in [-0.1, -0.05) is 62.4 Å². The van der Waals surface area contributed by atoms with Gasteiger partial charge in [0.25, 0.3) is 0 Å². The second-order valence-corrected chi connectivity index (χ2v) is 14.3. The first-order chi connectivity index (χ1) is 27.4. The molecule has 0 spiro atoms. The third-order valence-corrected chi connectivity index (χ3v) is 9.64. The van der Waals surface area contributed by atoms with Crippen molar-refractivity contribution in [1.82, 2.24) is 31.9 Å². The minimum absolute atomic E-state index is 0.00572. The molecule has 320 valence electrons. The van der Waals surface area contributed by atoms with Crippen molar-refractivity contribution in [2.75, 3.05) is 5.75 Å². The minimum Gasteiger partial charge on any atom is -0.481 e. The molecule has 0 heterocycles. The second-order valence-electron chi connectivity index (χ2n) is 14.0. The van der Waals surface area contributed by atoms with E-state index in [4.69, 9.17) is 0 Å². The predicted octanol–water partition coefficient (Wildman–Crippen LogP) is -0.653. The lowest BCUT2D eigenvalue weighted by atomic mass is 9.84. The van der Waals surface area contributed by atoms with E-state index >= 15 is 0 Å². The van der Waals surface area contributed by atoms with Crippen molar-refractivity contribution in [2.24, 2.45) is 5.92 Å². The van der Waals surface area contributed by atoms with Crippen molar-refractivity contribution >= 4 is 71.9 Å². The number of aliphatic carboxylic acids is 4. The fraction of sp³-hybridized carbons (Fsp3) is 0.568. The summed E-state index contributed by atoms with van der Waals surface area (Å²) in [5, 5.41) is 51.7. The van der Waals surface area contributed by atoms with Gasteiger partial charge >= 0.3 is 23.9 Å². The molecule has 0 unspecified atom stereocenters. The van der Waals surface area contributed by atoms with Gasteiger partial charge in [-0.25, -0.2) is 4.79 Å². The Hall–Kier alpha value is -5.73. The summed E-state index contributed by atoms with van der Waals surface area (Å²) in [5.41, 5.74) is 0.495. The number of amides is 6. The summed E-state index contributed by atoms with van der Waals surface area (Å²) in [4.78, 5) is 126. The van der Waals surface area contributed by atoms with Gasteiger partial charge in [0.1, 0.15) is 36.3 Å². The van der Waals surface area contributed by atoms with Crippen LogP contribution in [0.1, 0.15) is 83.1 Å². The molecule has 6 amide bonds. The predicted molar refractivity (Wildman–Crippen MR) is 206 cm³/mol. The van der Waals surface area contributed by atoms with Crippen LogP contribution in [0.3, 0.4) is 0 Å². The number of thiol groups is 1. The van der Waals surface area contributed by atoms with Crippen molar-refractivity contribution in [2.45, 2.75) is 120 Å². The van der Waals surface area contributed by atoms with Crippen LogP contribution in [0, 0.1) is 5.92 Å². The standard InChI is InChI=1S/C37H52N6O14S/c1-20(44)38-27(18-31(49)50)36(55)40-24(13-15-30(47)48)33(52)41-25(16-21-8-4-2-5-9-21)34(53)39-23(12-14-29(45)46)32(51)42-26(17-22-10-6-3-7-11-22)35(54)43-28(19-58)37(56)57/h2,4-5,8-9,22-28,58H,3,6-7,10-19H2,1H3,(H,38,44)(H,39,53)(H,40,55)(H,41,52)(H,42,51)(H,43,54)(H,45,46)(H,47,48)(H,49,50)(H,56,57)/t23-,24-,25-,26-,27-,28-/m0/s1. The lowest BCUT2D eigenvalue weighted by molar-refractivity contribution is -0.142. The molecule has 0 radical (unpaired) electrons. The first-order valence-electron chi connectivity index (χ1n) is 18.7. The van der Waals surface area contributed by atoms with Crippen LogP contribution < -0.4 is 31.9 Å². The zero-order valence-corrected chi connectivity index (χ0v) is 32.8. The normalized spacial score (nSPS) is 15.8. The molecule has 2 rings (SSSR count). The van der Waals surface area contributed by atoms with E-state index in [1.54, 1.807) is 30.3 Å². The Labute approximate surface area is 339 Å². The Morgan fingerprint density at radius 2 is 1.03 bits per heavy atom. The third kappa shape index (κ3) is 18.0. The van der Waals surface area contributed by atoms with E-state index in [0.29, 0.717) is 5.56 Å². The fourth-order valence-electron chi connectivity index (χ4n) is 6.30. The molecule has 6 atom stereocenters. The SMILES string of the molecule is CC(=O)N[C@@H](CC(=O)O)C(=O)N[C@@H](CCC(=O)O)C(=O)N[C@@H](Cc1ccccc1)C(=O)N[C@@H](CCC(=O)O)C(=O)N[C@@H](CC1CCCCC1)C(=O)N[C@@H](CS)C(=O)O. The van der Waals surface area contributed by atoms with Gasteiger partial charge in [0, 0.05) is 31.9 Å². The molecule has 0 bridgehead atoms. The molecular formula is C37H52N6O14S. The van der Waals surface area contributed by atoms with E-state index in [1.807, 2.05) is 0 Å². The first-order valence-corrected chi connectivity index (χ1v) is 19.3. The maximum absolute atomic E-state index is 14.0. The Morgan fingerprint density at radius 1 is 0.586 bits per heavy atom. The molecular weight excluding hydrogens is 785 g/mol. The van der Waals surface area contributed by atoms with E-state index < -0.39 is 128 Å². The van der Waals surface area contributed by atoms with E-state index in [0.717, 1.165) is 39.0 Å². The van der Waals surface area contributed by atoms with Crippen molar-refractivity contribution in [3.05, 3.63) is 35.9 Å². The smallest absolute Gasteiger partial charge is 0.327 e. The topological polar surface area (TPSA) is 324 Å². The Kier molecular flexibility index (Phi) is 20.7. The van der Waals surface area contributed by atoms with Gasteiger partial charge in [-0.2, -0.15) is 12.6 Å². The first kappa shape index (κ1) is 48.4. The van der Waals surface area contributed by atoms with E-state index in [-0.39, 0.29) is 24.5 Å². The maximum atomic E-state index is 14.0. The van der Waals surface area contributed by atoms with Crippen molar-refractivity contribution in [1.29, 1.82) is 0 Å². The summed E-state index contributed by atoms with van der Waals surface area (Å²) in [5.74, 6) is -11.6. The van der Waals surface area contributed by atoms with Crippen LogP contribution >= 0.6 is 12.6 Å². The highest BCUT2D eigenvalue weighted by Gasteiger charge is 2.35. The number of carbonyl (C=O) groups is 10. The van der Waals surface area contributed by atoms with Crippen LogP contribution in [0.4, 0.5) is 0 Å². The van der Waals surface area contributed by atoms with Crippen molar-refractivity contribution < 1.29 is 68.4 Å². The van der Waals surface area contributed by atoms with Crippen LogP contribution in [0.2, 0.25) is 0 Å². The molecule has 1 aliphatic carbocycles. The van der Waals surface area contributed by atoms with Crippen LogP contribution in [-0.2, 0) is 54.4 Å². The number of rotatable bonds is 25. The number of nitrogens with one attached hydrogen (secondary N) is 6. The maximum Gasteiger partial charge on any atom is 0.327 e. The van der Waals surface area contributed by atoms with Crippen LogP contribution in [0.15, 0.2) is 30.3 Å². The van der Waals surface area contributed by atoms with E-state index in [9.17, 15) is 68.4 Å². The zero-order valence-electron chi connectivity index (χ0n) is 31.9. The number of carboxylic acid groups (broad SMARTS) is 4. The summed E-state index contributed by atoms with van der Waals surface area (Å²) in [7, 11) is 0. The molecule has 1 fully saturated rings. The molecule has 1 aliphatic rings. The Morgan fingerprint density at radius 3 is 1.50 bits per heavy atom. The lowest BCUT2D eigenvalue weighted by Crippen LogP contribution is -2.60. The average Bonchev–Trinajstić information content (AvgIpc) is 3.16. The van der Waals surface area contributed by atoms with Gasteiger partial charge in [0.05, 0.1) is 6.42 Å². The molecule has 1 aromatic carbocycles. The molecule has 21 heteroatoms. The minimum atomic E-state index is -1.67. The summed E-state index contributed by atoms with van der Waals surface area (Å²) in [6.45, 7) is 1.03. The molecule has 1 aromatic rings. The fourth-order valence-corrected chi connectivity index (χ4v) is 6.54. The molecule has 0 saturated heterocycles. The van der Waals surface area contributed by atoms with Gasteiger partial charge in [0.2, 0.25) is 35.4 Å². The number of carboxylic acids is 4. The van der Waals surface area contributed by atoms with Gasteiger partial charge in [-0.15, -0.1) is 0 Å². The van der Waals surface area contributed by atoms with Crippen molar-refractivity contribution in [3.63, 3.8) is 0 Å². The summed E-state index contributed by atoms with van der Waals surface area (Å²) in [6, 6.07) is -0.956. The van der Waals surface area contributed by atoms with E-state index in [2.05, 4.69) is 44.5 Å². The molecule has 20 nitrogen and oxygen atoms in total. The summed E-state index contributed by atoms with van der Waals surface area (Å²) in [6.07, 6.45) is 0.968. The highest BCUT2D eigenvalue weighted by atomic mass is 32.1. The average molecular weight is 837 g/mol. The quantitative estimate of drug-likeness (QED) is 0.0546. The van der Waals surface area contributed by atoms with Gasteiger partial charge < -0.3 is 52.3 Å². The molecule has 10 N–H and O–H groups in total. The highest BCUT2D eigenvalue weighted by molar-refractivity contribution is 7.80. The molecule has 0 aliphatic heterocycles. The number of benzene rings is 1. The molecule has 1 saturated carbocycles. The summed E-state index contributed by atoms with van der Waals surface area (Å²) >= 11 is 3.98. The van der Waals surface area contributed by atoms with Crippen LogP contribution in [0.5, 0.6) is 0 Å². The van der Waals surface area contributed by atoms with E-state index in [1.165, 1.54) is 0 Å². The Bertz CT molecular complexity index is 1620. The number of carbonyl (C=O) groups excluding carboxylic acids is 6. The number of hydrogen-bond donors (Lipinski definition) is 11. The lowest BCUT2D eigenvalue weighted by Gasteiger charge is -2.29. The highest BCUT2D eigenvalue weighted by Crippen LogP contribution is 2.27. The molecule has 58 heavy (non-hydrogen) atoms. The molecule has 0 aromatic heterocycles. The van der Waals surface area contributed by atoms with Crippen molar-refractivity contribution in [3.8, 4) is 0 Å². The third-order valence-electron chi connectivity index (χ3n) is 9.27. The zero-order chi connectivity index (χ0) is 43.4. The monoisotopic (exact) mass is 836 g/mol.